The van der Waals surface area contributed by atoms with Crippen LogP contribution in [0.25, 0.3) is 0 Å². The van der Waals surface area contributed by atoms with Gasteiger partial charge < -0.3 is 5.32 Å². The van der Waals surface area contributed by atoms with Gasteiger partial charge in [-0.1, -0.05) is 12.8 Å². The van der Waals surface area contributed by atoms with Crippen molar-refractivity contribution in [3.05, 3.63) is 18.0 Å². The van der Waals surface area contributed by atoms with E-state index in [4.69, 9.17) is 5.10 Å². The van der Waals surface area contributed by atoms with Crippen LogP contribution in [0.5, 0.6) is 0 Å². The molecule has 2 atom stereocenters. The van der Waals surface area contributed by atoms with E-state index in [2.05, 4.69) is 41.0 Å². The summed E-state index contributed by atoms with van der Waals surface area (Å²) in [4.78, 5) is 2.52. The van der Waals surface area contributed by atoms with Gasteiger partial charge >= 0.3 is 0 Å². The van der Waals surface area contributed by atoms with Gasteiger partial charge in [0.1, 0.15) is 0 Å². The predicted molar refractivity (Wildman–Crippen MR) is 77.1 cm³/mol. The molecule has 1 aromatic heterocycles. The summed E-state index contributed by atoms with van der Waals surface area (Å²) in [6.07, 6.45) is 7.53. The van der Waals surface area contributed by atoms with Crippen LogP contribution in [0, 0.1) is 0 Å². The molecule has 1 saturated heterocycles. The number of piperazine rings is 1. The number of hydrogen-bond donors (Lipinski definition) is 1. The van der Waals surface area contributed by atoms with Gasteiger partial charge in [-0.25, -0.2) is 0 Å². The van der Waals surface area contributed by atoms with Crippen molar-refractivity contribution in [1.82, 2.24) is 20.0 Å². The largest absolute Gasteiger partial charge is 0.309 e. The van der Waals surface area contributed by atoms with Gasteiger partial charge in [0.05, 0.1) is 11.7 Å². The molecule has 1 aliphatic heterocycles. The van der Waals surface area contributed by atoms with Crippen molar-refractivity contribution in [3.8, 4) is 0 Å². The van der Waals surface area contributed by atoms with Gasteiger partial charge in [0.2, 0.25) is 0 Å². The van der Waals surface area contributed by atoms with E-state index in [9.17, 15) is 0 Å². The molecule has 0 bridgehead atoms. The Morgan fingerprint density at radius 2 is 1.89 bits per heavy atom. The van der Waals surface area contributed by atoms with Crippen LogP contribution in [0.3, 0.4) is 0 Å². The Bertz CT molecular complexity index is 398. The third-order valence-electron chi connectivity index (χ3n) is 4.38. The van der Waals surface area contributed by atoms with Crippen LogP contribution in [0.1, 0.15) is 51.3 Å². The van der Waals surface area contributed by atoms with Gasteiger partial charge in [0.15, 0.2) is 0 Å². The van der Waals surface area contributed by atoms with E-state index in [0.717, 1.165) is 19.6 Å². The molecule has 4 nitrogen and oxygen atoms in total. The van der Waals surface area contributed by atoms with E-state index >= 15 is 0 Å². The average molecular weight is 262 g/mol. The Labute approximate surface area is 116 Å². The number of rotatable bonds is 3. The zero-order valence-corrected chi connectivity index (χ0v) is 12.2. The molecular formula is C15H26N4. The quantitative estimate of drug-likeness (QED) is 0.906. The molecule has 1 aromatic rings. The minimum atomic E-state index is 0.584. The summed E-state index contributed by atoms with van der Waals surface area (Å²) in [7, 11) is 0. The summed E-state index contributed by atoms with van der Waals surface area (Å²) in [6.45, 7) is 7.77. The minimum Gasteiger partial charge on any atom is -0.309 e. The third kappa shape index (κ3) is 3.18. The zero-order valence-electron chi connectivity index (χ0n) is 12.2. The lowest BCUT2D eigenvalue weighted by atomic mass is 10.1. The number of nitrogens with zero attached hydrogens (tertiary/aromatic N) is 3. The molecular weight excluding hydrogens is 236 g/mol. The number of nitrogens with one attached hydrogen (secondary N) is 1. The van der Waals surface area contributed by atoms with Crippen molar-refractivity contribution in [3.63, 3.8) is 0 Å². The van der Waals surface area contributed by atoms with E-state index in [0.29, 0.717) is 18.1 Å². The van der Waals surface area contributed by atoms with Crippen molar-refractivity contribution in [2.45, 2.75) is 64.2 Å². The first-order chi connectivity index (χ1) is 9.20. The lowest BCUT2D eigenvalue weighted by Gasteiger charge is -2.35. The molecule has 106 valence electrons. The summed E-state index contributed by atoms with van der Waals surface area (Å²) in [5, 5.41) is 8.37. The van der Waals surface area contributed by atoms with Gasteiger partial charge in [-0.3, -0.25) is 9.58 Å². The molecule has 1 aliphatic carbocycles. The molecule has 0 amide bonds. The van der Waals surface area contributed by atoms with E-state index in [-0.39, 0.29) is 0 Å². The maximum absolute atomic E-state index is 4.79. The first kappa shape index (κ1) is 13.1. The Morgan fingerprint density at radius 1 is 1.21 bits per heavy atom. The van der Waals surface area contributed by atoms with Crippen molar-refractivity contribution < 1.29 is 0 Å². The molecule has 2 heterocycles. The maximum atomic E-state index is 4.79. The minimum absolute atomic E-state index is 0.584. The summed E-state index contributed by atoms with van der Waals surface area (Å²) >= 11 is 0. The van der Waals surface area contributed by atoms with Crippen molar-refractivity contribution in [1.29, 1.82) is 0 Å². The second-order valence-electron chi connectivity index (χ2n) is 6.39. The predicted octanol–water partition coefficient (Wildman–Crippen LogP) is 2.18. The number of hydrogen-bond acceptors (Lipinski definition) is 3. The van der Waals surface area contributed by atoms with Crippen LogP contribution in [-0.4, -0.2) is 39.9 Å². The fourth-order valence-electron chi connectivity index (χ4n) is 3.63. The van der Waals surface area contributed by atoms with E-state index in [1.807, 2.05) is 0 Å². The second kappa shape index (κ2) is 5.63. The topological polar surface area (TPSA) is 33.1 Å². The highest BCUT2D eigenvalue weighted by Gasteiger charge is 2.22. The molecule has 2 unspecified atom stereocenters. The van der Waals surface area contributed by atoms with Crippen LogP contribution < -0.4 is 5.32 Å². The lowest BCUT2D eigenvalue weighted by Crippen LogP contribution is -2.53. The molecule has 0 aromatic carbocycles. The summed E-state index contributed by atoms with van der Waals surface area (Å²) in [5.74, 6) is 0. The van der Waals surface area contributed by atoms with Crippen LogP contribution in [0.4, 0.5) is 0 Å². The first-order valence-electron chi connectivity index (χ1n) is 7.73. The molecule has 3 rings (SSSR count). The standard InChI is InChI=1S/C15H26N4/c1-12-9-18(10-13(2)16-12)11-14-7-8-19(17-14)15-5-3-4-6-15/h7-8,12-13,15-16H,3-6,9-11H2,1-2H3. The Morgan fingerprint density at radius 3 is 2.58 bits per heavy atom. The smallest absolute Gasteiger partial charge is 0.0764 e. The average Bonchev–Trinajstić information content (AvgIpc) is 2.96. The van der Waals surface area contributed by atoms with Crippen LogP contribution in [0.15, 0.2) is 12.3 Å². The van der Waals surface area contributed by atoms with Crippen molar-refractivity contribution in [2.75, 3.05) is 13.1 Å². The van der Waals surface area contributed by atoms with Crippen molar-refractivity contribution >= 4 is 0 Å². The van der Waals surface area contributed by atoms with Gasteiger partial charge in [0, 0.05) is 37.9 Å². The monoisotopic (exact) mass is 262 g/mol. The van der Waals surface area contributed by atoms with Crippen molar-refractivity contribution in [2.24, 2.45) is 0 Å². The molecule has 0 spiro atoms. The normalized spacial score (nSPS) is 30.0. The fraction of sp³-hybridized carbons (Fsp3) is 0.800. The lowest BCUT2D eigenvalue weighted by molar-refractivity contribution is 0.164. The molecule has 2 fully saturated rings. The van der Waals surface area contributed by atoms with E-state index < -0.39 is 0 Å². The van der Waals surface area contributed by atoms with Crippen LogP contribution in [0.2, 0.25) is 0 Å². The highest BCUT2D eigenvalue weighted by atomic mass is 15.3. The van der Waals surface area contributed by atoms with Gasteiger partial charge in [-0.2, -0.15) is 5.10 Å². The van der Waals surface area contributed by atoms with Crippen LogP contribution >= 0.6 is 0 Å². The highest BCUT2D eigenvalue weighted by Crippen LogP contribution is 2.28. The Kier molecular flexibility index (Phi) is 3.89. The van der Waals surface area contributed by atoms with Crippen LogP contribution in [-0.2, 0) is 6.54 Å². The SMILES string of the molecule is CC1CN(Cc2ccn(C3CCCC3)n2)CC(C)N1. The van der Waals surface area contributed by atoms with Gasteiger partial charge in [-0.15, -0.1) is 0 Å². The Hall–Kier alpha value is -0.870. The molecule has 1 N–H and O–H groups in total. The summed E-state index contributed by atoms with van der Waals surface area (Å²) in [6, 6.07) is 4.03. The van der Waals surface area contributed by atoms with Gasteiger partial charge in [0.25, 0.3) is 0 Å². The summed E-state index contributed by atoms with van der Waals surface area (Å²) < 4.78 is 2.21. The third-order valence-corrected chi connectivity index (χ3v) is 4.38. The second-order valence-corrected chi connectivity index (χ2v) is 6.39. The molecule has 4 heteroatoms. The zero-order chi connectivity index (χ0) is 13.2. The molecule has 2 aliphatic rings. The molecule has 0 radical (unpaired) electrons. The molecule has 19 heavy (non-hydrogen) atoms. The first-order valence-corrected chi connectivity index (χ1v) is 7.73. The Balaban J connectivity index is 1.60. The van der Waals surface area contributed by atoms with Gasteiger partial charge in [-0.05, 0) is 32.8 Å². The number of aromatic nitrogens is 2. The van der Waals surface area contributed by atoms with E-state index in [1.165, 1.54) is 31.4 Å². The molecule has 1 saturated carbocycles. The van der Waals surface area contributed by atoms with E-state index in [1.54, 1.807) is 0 Å². The fourth-order valence-corrected chi connectivity index (χ4v) is 3.63. The highest BCUT2D eigenvalue weighted by molar-refractivity contribution is 5.01. The maximum Gasteiger partial charge on any atom is 0.0764 e. The summed E-state index contributed by atoms with van der Waals surface area (Å²) in [5.41, 5.74) is 1.23.